The van der Waals surface area contributed by atoms with Crippen LogP contribution in [0.1, 0.15) is 15.9 Å². The van der Waals surface area contributed by atoms with Gasteiger partial charge in [0.25, 0.3) is 5.91 Å². The predicted octanol–water partition coefficient (Wildman–Crippen LogP) is 3.68. The molecule has 1 aliphatic heterocycles. The molecule has 0 spiro atoms. The molecule has 3 rings (SSSR count). The lowest BCUT2D eigenvalue weighted by molar-refractivity contribution is 0.0951. The average molecular weight is 378 g/mol. The van der Waals surface area contributed by atoms with Crippen LogP contribution in [0, 0.1) is 0 Å². The van der Waals surface area contributed by atoms with Gasteiger partial charge in [0.15, 0.2) is 0 Å². The highest BCUT2D eigenvalue weighted by Crippen LogP contribution is 2.21. The van der Waals surface area contributed by atoms with Crippen molar-refractivity contribution in [1.82, 2.24) is 10.2 Å². The van der Waals surface area contributed by atoms with Crippen LogP contribution >= 0.6 is 23.2 Å². The first kappa shape index (κ1) is 18.1. The monoisotopic (exact) mass is 377 g/mol. The number of nitrogens with zero attached hydrogens (tertiary/aromatic N) is 2. The highest BCUT2D eigenvalue weighted by Gasteiger charge is 2.14. The molecule has 25 heavy (non-hydrogen) atoms. The number of nitrogens with one attached hydrogen (secondary N) is 1. The molecule has 132 valence electrons. The van der Waals surface area contributed by atoms with Gasteiger partial charge in [-0.2, -0.15) is 0 Å². The molecule has 4 nitrogen and oxygen atoms in total. The van der Waals surface area contributed by atoms with Gasteiger partial charge >= 0.3 is 0 Å². The second-order valence-electron chi connectivity index (χ2n) is 6.26. The largest absolute Gasteiger partial charge is 0.369 e. The summed E-state index contributed by atoms with van der Waals surface area (Å²) in [5.41, 5.74) is 2.71. The summed E-state index contributed by atoms with van der Waals surface area (Å²) in [6.45, 7) is 4.71. The summed E-state index contributed by atoms with van der Waals surface area (Å²) in [5, 5.41) is 3.77. The van der Waals surface area contributed by atoms with Gasteiger partial charge < -0.3 is 15.1 Å². The lowest BCUT2D eigenvalue weighted by Gasteiger charge is -2.34. The van der Waals surface area contributed by atoms with Crippen molar-refractivity contribution >= 4 is 34.8 Å². The number of amides is 1. The topological polar surface area (TPSA) is 35.6 Å². The lowest BCUT2D eigenvalue weighted by Crippen LogP contribution is -2.44. The van der Waals surface area contributed by atoms with Gasteiger partial charge in [0.1, 0.15) is 0 Å². The van der Waals surface area contributed by atoms with Crippen LogP contribution < -0.4 is 10.2 Å². The molecular weight excluding hydrogens is 357 g/mol. The third-order valence-corrected chi connectivity index (χ3v) is 4.98. The van der Waals surface area contributed by atoms with E-state index >= 15 is 0 Å². The van der Waals surface area contributed by atoms with Crippen LogP contribution in [0.3, 0.4) is 0 Å². The quantitative estimate of drug-likeness (QED) is 0.882. The Morgan fingerprint density at radius 3 is 2.36 bits per heavy atom. The van der Waals surface area contributed by atoms with Crippen LogP contribution in [0.2, 0.25) is 10.0 Å². The number of carbonyl (C=O) groups excluding carboxylic acids is 1. The number of piperazine rings is 1. The van der Waals surface area contributed by atoms with Crippen molar-refractivity contribution in [2.75, 3.05) is 38.1 Å². The number of benzene rings is 2. The number of hydrogen-bond donors (Lipinski definition) is 1. The SMILES string of the molecule is CN1CCN(c2ccc(CNC(=O)c3ccc(Cl)cc3Cl)cc2)CC1. The van der Waals surface area contributed by atoms with Gasteiger partial charge in [0, 0.05) is 43.4 Å². The molecule has 0 unspecified atom stereocenters. The molecule has 2 aromatic rings. The van der Waals surface area contributed by atoms with Crippen molar-refractivity contribution in [3.63, 3.8) is 0 Å². The zero-order valence-corrected chi connectivity index (χ0v) is 15.6. The second-order valence-corrected chi connectivity index (χ2v) is 7.11. The fourth-order valence-electron chi connectivity index (χ4n) is 2.84. The van der Waals surface area contributed by atoms with E-state index in [1.54, 1.807) is 18.2 Å². The van der Waals surface area contributed by atoms with E-state index in [-0.39, 0.29) is 5.91 Å². The van der Waals surface area contributed by atoms with E-state index in [2.05, 4.69) is 46.4 Å². The number of anilines is 1. The zero-order chi connectivity index (χ0) is 17.8. The summed E-state index contributed by atoms with van der Waals surface area (Å²) in [5.74, 6) is -0.204. The highest BCUT2D eigenvalue weighted by atomic mass is 35.5. The Hall–Kier alpha value is -1.75. The summed E-state index contributed by atoms with van der Waals surface area (Å²) in [4.78, 5) is 17.0. The Kier molecular flexibility index (Phi) is 5.84. The minimum Gasteiger partial charge on any atom is -0.369 e. The van der Waals surface area contributed by atoms with Gasteiger partial charge in [-0.25, -0.2) is 0 Å². The van der Waals surface area contributed by atoms with Crippen molar-refractivity contribution in [2.24, 2.45) is 0 Å². The van der Waals surface area contributed by atoms with Gasteiger partial charge in [-0.15, -0.1) is 0 Å². The number of rotatable bonds is 4. The van der Waals surface area contributed by atoms with E-state index in [9.17, 15) is 4.79 Å². The first-order valence-electron chi connectivity index (χ1n) is 8.28. The smallest absolute Gasteiger partial charge is 0.253 e. The summed E-state index contributed by atoms with van der Waals surface area (Å²) in [7, 11) is 2.15. The molecule has 0 saturated carbocycles. The molecule has 1 saturated heterocycles. The van der Waals surface area contributed by atoms with E-state index < -0.39 is 0 Å². The van der Waals surface area contributed by atoms with Crippen LogP contribution in [0.5, 0.6) is 0 Å². The number of likely N-dealkylation sites (N-methyl/N-ethyl adjacent to an activating group) is 1. The molecule has 0 radical (unpaired) electrons. The lowest BCUT2D eigenvalue weighted by atomic mass is 10.1. The highest BCUT2D eigenvalue weighted by molar-refractivity contribution is 6.36. The van der Waals surface area contributed by atoms with Gasteiger partial charge in [0.05, 0.1) is 10.6 Å². The zero-order valence-electron chi connectivity index (χ0n) is 14.1. The fourth-order valence-corrected chi connectivity index (χ4v) is 3.33. The first-order chi connectivity index (χ1) is 12.0. The summed E-state index contributed by atoms with van der Waals surface area (Å²) in [6, 6.07) is 13.2. The van der Waals surface area contributed by atoms with E-state index in [1.165, 1.54) is 5.69 Å². The van der Waals surface area contributed by atoms with Crippen molar-refractivity contribution in [2.45, 2.75) is 6.54 Å². The van der Waals surface area contributed by atoms with Crippen LogP contribution in [0.15, 0.2) is 42.5 Å². The molecular formula is C19H21Cl2N3O. The van der Waals surface area contributed by atoms with Gasteiger partial charge in [0.2, 0.25) is 0 Å². The molecule has 1 N–H and O–H groups in total. The minimum atomic E-state index is -0.204. The second kappa shape index (κ2) is 8.09. The number of carbonyl (C=O) groups is 1. The Labute approximate surface area is 158 Å². The van der Waals surface area contributed by atoms with E-state index in [0.717, 1.165) is 31.7 Å². The van der Waals surface area contributed by atoms with Gasteiger partial charge in [-0.05, 0) is 42.9 Å². The first-order valence-corrected chi connectivity index (χ1v) is 9.04. The van der Waals surface area contributed by atoms with E-state index in [4.69, 9.17) is 23.2 Å². The Morgan fingerprint density at radius 1 is 1.04 bits per heavy atom. The predicted molar refractivity (Wildman–Crippen MR) is 104 cm³/mol. The Bertz CT molecular complexity index is 741. The van der Waals surface area contributed by atoms with E-state index in [1.807, 2.05) is 0 Å². The number of halogens is 2. The minimum absolute atomic E-state index is 0.204. The average Bonchev–Trinajstić information content (AvgIpc) is 2.61. The molecule has 6 heteroatoms. The maximum absolute atomic E-state index is 12.2. The van der Waals surface area contributed by atoms with Crippen LogP contribution in [-0.4, -0.2) is 44.0 Å². The van der Waals surface area contributed by atoms with Gasteiger partial charge in [-0.1, -0.05) is 35.3 Å². The third kappa shape index (κ3) is 4.66. The molecule has 1 fully saturated rings. The van der Waals surface area contributed by atoms with E-state index in [0.29, 0.717) is 22.2 Å². The fraction of sp³-hybridized carbons (Fsp3) is 0.316. The molecule has 0 aromatic heterocycles. The molecule has 0 atom stereocenters. The standard InChI is InChI=1S/C19H21Cl2N3O/c1-23-8-10-24(11-9-23)16-5-2-14(3-6-16)13-22-19(25)17-7-4-15(20)12-18(17)21/h2-7,12H,8-11,13H2,1H3,(H,22,25). The van der Waals surface area contributed by atoms with Gasteiger partial charge in [-0.3, -0.25) is 4.79 Å². The van der Waals surface area contributed by atoms with Crippen molar-refractivity contribution in [3.05, 3.63) is 63.6 Å². The molecule has 0 bridgehead atoms. The maximum Gasteiger partial charge on any atom is 0.253 e. The normalized spacial score (nSPS) is 15.2. The molecule has 1 amide bonds. The maximum atomic E-state index is 12.2. The van der Waals surface area contributed by atoms with Crippen molar-refractivity contribution in [1.29, 1.82) is 0 Å². The summed E-state index contributed by atoms with van der Waals surface area (Å²) < 4.78 is 0. The van der Waals surface area contributed by atoms with Crippen molar-refractivity contribution in [3.8, 4) is 0 Å². The number of hydrogen-bond acceptors (Lipinski definition) is 3. The van der Waals surface area contributed by atoms with Crippen LogP contribution in [0.25, 0.3) is 0 Å². The molecule has 0 aliphatic carbocycles. The van der Waals surface area contributed by atoms with Crippen LogP contribution in [-0.2, 0) is 6.54 Å². The molecule has 2 aromatic carbocycles. The van der Waals surface area contributed by atoms with Crippen LogP contribution in [0.4, 0.5) is 5.69 Å². The summed E-state index contributed by atoms with van der Waals surface area (Å²) in [6.07, 6.45) is 0. The van der Waals surface area contributed by atoms with Crippen molar-refractivity contribution < 1.29 is 4.79 Å². The molecule has 1 heterocycles. The Balaban J connectivity index is 1.57. The Morgan fingerprint density at radius 2 is 1.72 bits per heavy atom. The molecule has 1 aliphatic rings. The summed E-state index contributed by atoms with van der Waals surface area (Å²) >= 11 is 11.9. The third-order valence-electron chi connectivity index (χ3n) is 4.43.